The molecule has 0 heterocycles. The maximum absolute atomic E-state index is 4.83. The van der Waals surface area contributed by atoms with Crippen LogP contribution in [-0.2, 0) is 11.2 Å². The van der Waals surface area contributed by atoms with Crippen LogP contribution < -0.4 is 29.6 Å². The van der Waals surface area contributed by atoms with Crippen LogP contribution in [-0.4, -0.2) is 13.2 Å². The Labute approximate surface area is 191 Å². The van der Waals surface area contributed by atoms with E-state index in [9.17, 15) is 0 Å². The number of rotatable bonds is 11. The van der Waals surface area contributed by atoms with Crippen LogP contribution in [0.3, 0.4) is 0 Å². The quantitative estimate of drug-likeness (QED) is 0.403. The molecule has 146 valence electrons. The predicted octanol–water partition coefficient (Wildman–Crippen LogP) is 4.81. The zero-order chi connectivity index (χ0) is 18.9. The van der Waals surface area contributed by atoms with Crippen molar-refractivity contribution in [1.82, 2.24) is 0 Å². The molecule has 0 atom stereocenters. The second kappa shape index (κ2) is 18.7. The van der Waals surface area contributed by atoms with Crippen molar-refractivity contribution in [2.75, 3.05) is 13.2 Å². The smallest absolute Gasteiger partial charge is 1.00 e. The van der Waals surface area contributed by atoms with E-state index < -0.39 is 0 Å². The van der Waals surface area contributed by atoms with Crippen LogP contribution in [0.25, 0.3) is 11.1 Å². The molecule has 2 aromatic carbocycles. The minimum Gasteiger partial charge on any atom is -1.00 e. The largest absolute Gasteiger partial charge is 1.00 e. The van der Waals surface area contributed by atoms with Crippen molar-refractivity contribution in [1.29, 1.82) is 0 Å². The van der Waals surface area contributed by atoms with Crippen molar-refractivity contribution in [3.05, 3.63) is 60.2 Å². The number of unbranched alkanes of at least 4 members (excludes halogenated alkanes) is 6. The minimum atomic E-state index is 0. The summed E-state index contributed by atoms with van der Waals surface area (Å²) in [5.74, 6) is 0. The van der Waals surface area contributed by atoms with Crippen molar-refractivity contribution in [3.63, 3.8) is 0 Å². The van der Waals surface area contributed by atoms with Gasteiger partial charge in [0.15, 0.2) is 0 Å². The van der Waals surface area contributed by atoms with Gasteiger partial charge in [-0.25, -0.2) is 0 Å². The van der Waals surface area contributed by atoms with Gasteiger partial charge in [-0.15, -0.1) is 0 Å². The van der Waals surface area contributed by atoms with Crippen molar-refractivity contribution < 1.29 is 35.7 Å². The average Bonchev–Trinajstić information content (AvgIpc) is 2.69. The van der Waals surface area contributed by atoms with Crippen molar-refractivity contribution in [2.45, 2.75) is 72.1 Å². The second-order valence-corrected chi connectivity index (χ2v) is 6.68. The Balaban J connectivity index is 0. The first-order valence-corrected chi connectivity index (χ1v) is 10.5. The number of ether oxygens (including phenoxy) is 1. The molecule has 0 aliphatic carbocycles. The van der Waals surface area contributed by atoms with E-state index in [0.29, 0.717) is 0 Å². The predicted molar refractivity (Wildman–Crippen MR) is 117 cm³/mol. The second-order valence-electron chi connectivity index (χ2n) is 6.68. The topological polar surface area (TPSA) is 9.23 Å². The molecule has 0 bridgehead atoms. The summed E-state index contributed by atoms with van der Waals surface area (Å²) in [7, 11) is 0. The van der Waals surface area contributed by atoms with Gasteiger partial charge in [0.25, 0.3) is 0 Å². The fourth-order valence-corrected chi connectivity index (χ4v) is 3.11. The molecule has 0 fully saturated rings. The van der Waals surface area contributed by atoms with Gasteiger partial charge in [0.05, 0.1) is 0 Å². The molecule has 27 heavy (non-hydrogen) atoms. The van der Waals surface area contributed by atoms with Crippen LogP contribution >= 0.6 is 0 Å². The Morgan fingerprint density at radius 2 is 1.22 bits per heavy atom. The first-order chi connectivity index (χ1) is 12.8. The molecule has 2 aromatic rings. The van der Waals surface area contributed by atoms with Crippen LogP contribution in [0, 0.1) is 0 Å². The Bertz CT molecular complexity index is 557. The maximum atomic E-state index is 4.83. The Hall–Kier alpha value is -0.600. The molecule has 0 aliphatic heterocycles. The fraction of sp³-hybridized carbons (Fsp3) is 0.520. The molecule has 0 saturated heterocycles. The Morgan fingerprint density at radius 1 is 0.667 bits per heavy atom. The summed E-state index contributed by atoms with van der Waals surface area (Å²) in [6.07, 6.45) is 10.8. The van der Waals surface area contributed by atoms with E-state index in [-0.39, 0.29) is 31.0 Å². The van der Waals surface area contributed by atoms with Crippen LogP contribution in [0.4, 0.5) is 0 Å². The van der Waals surface area contributed by atoms with Crippen LogP contribution in [0.5, 0.6) is 0 Å². The molecule has 0 aliphatic rings. The van der Waals surface area contributed by atoms with Crippen molar-refractivity contribution >= 4 is 0 Å². The maximum Gasteiger partial charge on any atom is 1.00 e. The van der Waals surface area contributed by atoms with Crippen molar-refractivity contribution in [3.8, 4) is 11.1 Å². The zero-order valence-corrected chi connectivity index (χ0v) is 20.2. The Kier molecular flexibility index (Phi) is 18.3. The fourth-order valence-electron chi connectivity index (χ4n) is 3.11. The summed E-state index contributed by atoms with van der Waals surface area (Å²) in [6, 6.07) is 19.6. The van der Waals surface area contributed by atoms with Gasteiger partial charge in [-0.3, -0.25) is 0 Å². The van der Waals surface area contributed by atoms with Gasteiger partial charge in [-0.1, -0.05) is 100 Å². The summed E-state index contributed by atoms with van der Waals surface area (Å²) in [4.78, 5) is 0. The van der Waals surface area contributed by atoms with Gasteiger partial charge >= 0.3 is 29.6 Å². The van der Waals surface area contributed by atoms with E-state index in [1.165, 1.54) is 68.1 Å². The third-order valence-corrected chi connectivity index (χ3v) is 4.56. The number of benzene rings is 2. The summed E-state index contributed by atoms with van der Waals surface area (Å²) < 4.78 is 4.83. The van der Waals surface area contributed by atoms with E-state index in [1.807, 2.05) is 13.8 Å². The van der Waals surface area contributed by atoms with Gasteiger partial charge in [-0.05, 0) is 43.4 Å². The molecule has 0 amide bonds. The summed E-state index contributed by atoms with van der Waals surface area (Å²) in [5.41, 5.74) is 4.25. The number of aryl methyl sites for hydroxylation is 1. The summed E-state index contributed by atoms with van der Waals surface area (Å²) >= 11 is 0. The van der Waals surface area contributed by atoms with E-state index in [1.54, 1.807) is 0 Å². The minimum absolute atomic E-state index is 0. The summed E-state index contributed by atoms with van der Waals surface area (Å²) in [5, 5.41) is 0. The molecule has 0 aromatic heterocycles. The molecular formula is C25H39NaO. The molecule has 0 radical (unpaired) electrons. The average molecular weight is 379 g/mol. The standard InChI is InChI=1S/C21H28.C4H10O.Na.H/c1-2-3-4-5-6-7-9-14-20-17-12-13-18-21(20)19-15-10-8-11-16-19;1-3-5-4-2;;/h8,10-13,15-18H,2-7,9,14H2,1H3;3-4H2,1-2H3;;/q;;+1;-1. The first-order valence-electron chi connectivity index (χ1n) is 10.5. The van der Waals surface area contributed by atoms with Gasteiger partial charge in [0.2, 0.25) is 0 Å². The van der Waals surface area contributed by atoms with E-state index in [4.69, 9.17) is 4.74 Å². The SMILES string of the molecule is CCCCCCCCCc1ccccc1-c1ccccc1.CCOCC.[H-].[Na+]. The van der Waals surface area contributed by atoms with Crippen LogP contribution in [0.15, 0.2) is 54.6 Å². The van der Waals surface area contributed by atoms with Gasteiger partial charge in [0, 0.05) is 13.2 Å². The van der Waals surface area contributed by atoms with E-state index in [2.05, 4.69) is 61.5 Å². The molecule has 0 saturated carbocycles. The van der Waals surface area contributed by atoms with Crippen LogP contribution in [0.2, 0.25) is 0 Å². The molecular weight excluding hydrogens is 339 g/mol. The van der Waals surface area contributed by atoms with E-state index >= 15 is 0 Å². The first kappa shape index (κ1) is 26.4. The van der Waals surface area contributed by atoms with Gasteiger partial charge in [0.1, 0.15) is 0 Å². The van der Waals surface area contributed by atoms with E-state index in [0.717, 1.165) is 13.2 Å². The molecule has 2 heteroatoms. The molecule has 0 unspecified atom stereocenters. The monoisotopic (exact) mass is 378 g/mol. The Morgan fingerprint density at radius 3 is 1.81 bits per heavy atom. The third-order valence-electron chi connectivity index (χ3n) is 4.56. The zero-order valence-electron chi connectivity index (χ0n) is 19.2. The van der Waals surface area contributed by atoms with Crippen LogP contribution in [0.1, 0.15) is 72.7 Å². The van der Waals surface area contributed by atoms with Gasteiger partial charge in [-0.2, -0.15) is 0 Å². The molecule has 0 N–H and O–H groups in total. The molecule has 0 spiro atoms. The molecule has 1 nitrogen and oxygen atoms in total. The summed E-state index contributed by atoms with van der Waals surface area (Å²) in [6.45, 7) is 7.94. The van der Waals surface area contributed by atoms with Gasteiger partial charge < -0.3 is 6.16 Å². The number of hydrogen-bond acceptors (Lipinski definition) is 1. The molecule has 2 rings (SSSR count). The number of hydrogen-bond donors (Lipinski definition) is 0. The third kappa shape index (κ3) is 12.5. The normalized spacial score (nSPS) is 9.89. The van der Waals surface area contributed by atoms with Crippen molar-refractivity contribution in [2.24, 2.45) is 0 Å².